The first-order chi connectivity index (χ1) is 18.6. The van der Waals surface area contributed by atoms with Crippen LogP contribution in [0.5, 0.6) is 0 Å². The molecule has 2 N–H and O–H groups in total. The zero-order chi connectivity index (χ0) is 27.7. The number of nitrogens with zero attached hydrogens (tertiary/aromatic N) is 3. The summed E-state index contributed by atoms with van der Waals surface area (Å²) < 4.78 is 2.66. The van der Waals surface area contributed by atoms with E-state index in [0.29, 0.717) is 23.5 Å². The highest BCUT2D eigenvalue weighted by atomic mass is 32.1. The number of benzene rings is 3. The second-order valence-corrected chi connectivity index (χ2v) is 11.4. The van der Waals surface area contributed by atoms with E-state index in [4.69, 9.17) is 4.98 Å². The molecule has 2 heterocycles. The van der Waals surface area contributed by atoms with Gasteiger partial charge in [-0.25, -0.2) is 9.97 Å². The van der Waals surface area contributed by atoms with E-state index >= 15 is 0 Å². The number of thiazole rings is 1. The van der Waals surface area contributed by atoms with Crippen LogP contribution in [0, 0.1) is 6.92 Å². The van der Waals surface area contributed by atoms with Crippen molar-refractivity contribution >= 4 is 44.7 Å². The van der Waals surface area contributed by atoms with Gasteiger partial charge in [-0.15, -0.1) is 11.3 Å². The molecule has 0 aliphatic rings. The predicted octanol–water partition coefficient (Wildman–Crippen LogP) is 7.14. The lowest BCUT2D eigenvalue weighted by molar-refractivity contribution is 0.102. The molecule has 0 radical (unpaired) electrons. The van der Waals surface area contributed by atoms with E-state index in [-0.39, 0.29) is 22.7 Å². The summed E-state index contributed by atoms with van der Waals surface area (Å²) in [6.45, 7) is 10.8. The summed E-state index contributed by atoms with van der Waals surface area (Å²) in [5.74, 6) is 0.0639. The highest BCUT2D eigenvalue weighted by Crippen LogP contribution is 2.29. The number of hydrogen-bond donors (Lipinski definition) is 2. The molecule has 0 atom stereocenters. The van der Waals surface area contributed by atoms with Gasteiger partial charge in [0.25, 0.3) is 11.5 Å². The van der Waals surface area contributed by atoms with Gasteiger partial charge in [-0.2, -0.15) is 0 Å². The fraction of sp³-hybridized carbons (Fsp3) is 0.226. The molecular formula is C31H31N5O2S. The maximum atomic E-state index is 13.1. The molecule has 5 rings (SSSR count). The van der Waals surface area contributed by atoms with E-state index < -0.39 is 0 Å². The minimum atomic E-state index is -0.202. The summed E-state index contributed by atoms with van der Waals surface area (Å²) in [6.07, 6.45) is 1.76. The third-order valence-corrected chi connectivity index (χ3v) is 7.57. The van der Waals surface area contributed by atoms with Gasteiger partial charge in [0.1, 0.15) is 0 Å². The van der Waals surface area contributed by atoms with Crippen molar-refractivity contribution < 1.29 is 4.79 Å². The zero-order valence-corrected chi connectivity index (χ0v) is 23.5. The maximum Gasteiger partial charge on any atom is 0.293 e. The Labute approximate surface area is 231 Å². The molecule has 3 aromatic carbocycles. The molecule has 0 spiro atoms. The Morgan fingerprint density at radius 2 is 1.82 bits per heavy atom. The Balaban J connectivity index is 1.46. The van der Waals surface area contributed by atoms with Crippen LogP contribution in [0.4, 0.5) is 17.2 Å². The number of aryl methyl sites for hydroxylation is 1. The smallest absolute Gasteiger partial charge is 0.293 e. The number of fused-ring (bicyclic) bond motifs is 1. The first-order valence-corrected chi connectivity index (χ1v) is 13.8. The Morgan fingerprint density at radius 1 is 1.05 bits per heavy atom. The lowest BCUT2D eigenvalue weighted by Gasteiger charge is -2.19. The standard InChI is InChI=1S/C31H31N5O2S/c1-6-36-17-26(34-28(30(36)38)33-22-14-15-25-27(16-22)39-18-32-25)23-8-7-9-24(19(23)2)35-29(37)20-10-12-21(13-11-20)31(3,4)5/h7-18H,6H2,1-5H3,(H,33,34)(H,35,37). The van der Waals surface area contributed by atoms with E-state index in [1.54, 1.807) is 27.6 Å². The van der Waals surface area contributed by atoms with E-state index in [9.17, 15) is 9.59 Å². The van der Waals surface area contributed by atoms with Gasteiger partial charge in [-0.1, -0.05) is 45.0 Å². The Kier molecular flexibility index (Phi) is 7.06. The Hall–Kier alpha value is -4.30. The molecule has 1 amide bonds. The molecule has 8 heteroatoms. The summed E-state index contributed by atoms with van der Waals surface area (Å²) in [5, 5.41) is 6.25. The third kappa shape index (κ3) is 5.47. The van der Waals surface area contributed by atoms with Crippen LogP contribution >= 0.6 is 11.3 Å². The lowest BCUT2D eigenvalue weighted by atomic mass is 9.86. The second kappa shape index (κ2) is 10.5. The van der Waals surface area contributed by atoms with Gasteiger partial charge in [0.05, 0.1) is 21.4 Å². The number of anilines is 3. The molecule has 5 aromatic rings. The predicted molar refractivity (Wildman–Crippen MR) is 160 cm³/mol. The molecule has 0 aliphatic carbocycles. The van der Waals surface area contributed by atoms with Crippen LogP contribution in [-0.2, 0) is 12.0 Å². The summed E-state index contributed by atoms with van der Waals surface area (Å²) >= 11 is 1.54. The van der Waals surface area contributed by atoms with Crippen LogP contribution in [0.1, 0.15) is 49.2 Å². The van der Waals surface area contributed by atoms with Crippen LogP contribution in [0.25, 0.3) is 21.5 Å². The number of amides is 1. The molecule has 0 aliphatic heterocycles. The van der Waals surface area contributed by atoms with Gasteiger partial charge in [0, 0.05) is 35.2 Å². The van der Waals surface area contributed by atoms with Gasteiger partial charge in [-0.05, 0) is 66.8 Å². The van der Waals surface area contributed by atoms with E-state index in [1.165, 1.54) is 5.56 Å². The lowest BCUT2D eigenvalue weighted by Crippen LogP contribution is -2.23. The minimum absolute atomic E-state index is 0.0174. The molecule has 198 valence electrons. The fourth-order valence-electron chi connectivity index (χ4n) is 4.42. The first-order valence-electron chi connectivity index (χ1n) is 12.9. The number of carbonyl (C=O) groups excluding carboxylic acids is 1. The molecule has 2 aromatic heterocycles. The van der Waals surface area contributed by atoms with Crippen molar-refractivity contribution in [2.24, 2.45) is 0 Å². The van der Waals surface area contributed by atoms with Gasteiger partial charge in [-0.3, -0.25) is 9.59 Å². The number of carbonyl (C=O) groups is 1. The van der Waals surface area contributed by atoms with Gasteiger partial charge in [0.2, 0.25) is 0 Å². The van der Waals surface area contributed by atoms with Crippen LogP contribution < -0.4 is 16.2 Å². The molecule has 0 fully saturated rings. The van der Waals surface area contributed by atoms with Crippen molar-refractivity contribution in [1.29, 1.82) is 0 Å². The van der Waals surface area contributed by atoms with Crippen LogP contribution in [0.15, 0.2) is 77.2 Å². The number of hydrogen-bond acceptors (Lipinski definition) is 6. The highest BCUT2D eigenvalue weighted by molar-refractivity contribution is 7.16. The van der Waals surface area contributed by atoms with Gasteiger partial charge < -0.3 is 15.2 Å². The summed E-state index contributed by atoms with van der Waals surface area (Å²) in [6, 6.07) is 19.2. The third-order valence-electron chi connectivity index (χ3n) is 6.78. The largest absolute Gasteiger partial charge is 0.336 e. The summed E-state index contributed by atoms with van der Waals surface area (Å²) in [4.78, 5) is 35.2. The average molecular weight is 538 g/mol. The molecule has 7 nitrogen and oxygen atoms in total. The highest BCUT2D eigenvalue weighted by Gasteiger charge is 2.17. The molecule has 0 saturated heterocycles. The number of nitrogens with one attached hydrogen (secondary N) is 2. The SMILES string of the molecule is CCn1cc(-c2cccc(NC(=O)c3ccc(C(C)(C)C)cc3)c2C)nc(Nc2ccc3ncsc3c2)c1=O. The van der Waals surface area contributed by atoms with Crippen LogP contribution in [0.2, 0.25) is 0 Å². The fourth-order valence-corrected chi connectivity index (χ4v) is 5.14. The molecule has 0 unspecified atom stereocenters. The van der Waals surface area contributed by atoms with E-state index in [1.807, 2.05) is 74.5 Å². The summed E-state index contributed by atoms with van der Waals surface area (Å²) in [7, 11) is 0. The maximum absolute atomic E-state index is 13.1. The van der Waals surface area contributed by atoms with Crippen LogP contribution in [-0.4, -0.2) is 20.4 Å². The van der Waals surface area contributed by atoms with Crippen molar-refractivity contribution in [1.82, 2.24) is 14.5 Å². The molecule has 0 bridgehead atoms. The average Bonchev–Trinajstić information content (AvgIpc) is 3.39. The van der Waals surface area contributed by atoms with E-state index in [2.05, 4.69) is 36.4 Å². The Bertz CT molecular complexity index is 1730. The number of rotatable bonds is 6. The molecule has 39 heavy (non-hydrogen) atoms. The molecular weight excluding hydrogens is 506 g/mol. The number of aromatic nitrogens is 3. The van der Waals surface area contributed by atoms with Crippen LogP contribution in [0.3, 0.4) is 0 Å². The van der Waals surface area contributed by atoms with Crippen molar-refractivity contribution in [2.45, 2.75) is 46.6 Å². The topological polar surface area (TPSA) is 88.9 Å². The van der Waals surface area contributed by atoms with Crippen molar-refractivity contribution in [3.63, 3.8) is 0 Å². The van der Waals surface area contributed by atoms with Gasteiger partial charge in [0.15, 0.2) is 5.82 Å². The quantitative estimate of drug-likeness (QED) is 0.240. The Morgan fingerprint density at radius 3 is 2.54 bits per heavy atom. The normalized spacial score (nSPS) is 11.5. The van der Waals surface area contributed by atoms with E-state index in [0.717, 1.165) is 27.0 Å². The van der Waals surface area contributed by atoms with Crippen molar-refractivity contribution in [3.05, 3.63) is 99.4 Å². The monoisotopic (exact) mass is 537 g/mol. The second-order valence-electron chi connectivity index (χ2n) is 10.5. The first kappa shape index (κ1) is 26.3. The molecule has 0 saturated carbocycles. The summed E-state index contributed by atoms with van der Waals surface area (Å²) in [5.41, 5.74) is 8.09. The minimum Gasteiger partial charge on any atom is -0.336 e. The van der Waals surface area contributed by atoms with Crippen molar-refractivity contribution in [2.75, 3.05) is 10.6 Å². The zero-order valence-electron chi connectivity index (χ0n) is 22.7. The van der Waals surface area contributed by atoms with Gasteiger partial charge >= 0.3 is 0 Å². The van der Waals surface area contributed by atoms with Crippen molar-refractivity contribution in [3.8, 4) is 11.3 Å².